The van der Waals surface area contributed by atoms with Gasteiger partial charge < -0.3 is 14.5 Å². The van der Waals surface area contributed by atoms with Gasteiger partial charge in [-0.25, -0.2) is 0 Å². The van der Waals surface area contributed by atoms with Crippen LogP contribution in [0.4, 0.5) is 5.69 Å². The molecule has 0 aromatic heterocycles. The van der Waals surface area contributed by atoms with Crippen molar-refractivity contribution in [3.63, 3.8) is 0 Å². The zero-order valence-electron chi connectivity index (χ0n) is 18.4. The van der Waals surface area contributed by atoms with Gasteiger partial charge in [-0.05, 0) is 57.0 Å². The van der Waals surface area contributed by atoms with E-state index < -0.39 is 13.7 Å². The summed E-state index contributed by atoms with van der Waals surface area (Å²) in [4.78, 5) is 12.5. The Morgan fingerprint density at radius 2 is 1.93 bits per heavy atom. The van der Waals surface area contributed by atoms with E-state index in [1.54, 1.807) is 0 Å². The summed E-state index contributed by atoms with van der Waals surface area (Å²) in [5.74, 6) is 1.27. The minimum atomic E-state index is -1.84. The molecule has 5 heteroatoms. The first-order valence-corrected chi connectivity index (χ1v) is 13.0. The van der Waals surface area contributed by atoms with Crippen molar-refractivity contribution in [2.45, 2.75) is 90.5 Å². The molecule has 0 aliphatic carbocycles. The van der Waals surface area contributed by atoms with Gasteiger partial charge in [0.15, 0.2) is 8.32 Å². The molecule has 0 bridgehead atoms. The van der Waals surface area contributed by atoms with Crippen molar-refractivity contribution in [2.75, 3.05) is 11.9 Å². The molecule has 4 nitrogen and oxygen atoms in total. The van der Waals surface area contributed by atoms with Crippen LogP contribution in [0.3, 0.4) is 0 Å². The maximum atomic E-state index is 12.5. The average molecular weight is 390 g/mol. The number of amides is 1. The fourth-order valence-corrected chi connectivity index (χ4v) is 4.96. The number of anilines is 1. The highest BCUT2D eigenvalue weighted by molar-refractivity contribution is 6.74. The molecular formula is C22H35NO3Si. The van der Waals surface area contributed by atoms with Crippen molar-refractivity contribution in [1.82, 2.24) is 0 Å². The van der Waals surface area contributed by atoms with E-state index in [1.165, 1.54) is 5.56 Å². The highest BCUT2D eigenvalue weighted by Crippen LogP contribution is 2.53. The van der Waals surface area contributed by atoms with E-state index >= 15 is 0 Å². The van der Waals surface area contributed by atoms with E-state index in [0.29, 0.717) is 12.5 Å². The Hall–Kier alpha value is -1.33. The van der Waals surface area contributed by atoms with Gasteiger partial charge in [-0.3, -0.25) is 4.79 Å². The van der Waals surface area contributed by atoms with Crippen LogP contribution < -0.4 is 10.1 Å². The van der Waals surface area contributed by atoms with Crippen LogP contribution in [0, 0.1) is 6.92 Å². The zero-order chi connectivity index (χ0) is 20.4. The minimum absolute atomic E-state index is 0.0107. The molecule has 0 radical (unpaired) electrons. The van der Waals surface area contributed by atoms with Gasteiger partial charge in [-0.1, -0.05) is 27.7 Å². The first kappa shape index (κ1) is 20.4. The van der Waals surface area contributed by atoms with E-state index in [2.05, 4.69) is 59.1 Å². The molecule has 0 spiro atoms. The second kappa shape index (κ2) is 6.34. The third-order valence-corrected chi connectivity index (χ3v) is 11.4. The lowest BCUT2D eigenvalue weighted by atomic mass is 9.81. The van der Waals surface area contributed by atoms with Crippen LogP contribution in [0.5, 0.6) is 5.75 Å². The normalized spacial score (nSPS) is 23.7. The number of hydrogen-bond donors (Lipinski definition) is 1. The molecule has 0 fully saturated rings. The van der Waals surface area contributed by atoms with E-state index in [-0.39, 0.29) is 17.0 Å². The second-order valence-electron chi connectivity index (χ2n) is 10.2. The lowest BCUT2D eigenvalue weighted by Gasteiger charge is -2.37. The number of carbonyl (C=O) groups is 1. The van der Waals surface area contributed by atoms with Crippen molar-refractivity contribution in [3.05, 3.63) is 22.8 Å². The molecule has 0 saturated carbocycles. The van der Waals surface area contributed by atoms with Crippen molar-refractivity contribution < 1.29 is 14.0 Å². The van der Waals surface area contributed by atoms with Crippen molar-refractivity contribution in [2.24, 2.45) is 0 Å². The molecule has 27 heavy (non-hydrogen) atoms. The molecule has 2 heterocycles. The standard InChI is InChI=1S/C22H35NO3Si/c1-10-14-15-11-13(2)18-17(22(6,7)20(24)23-18)19(15)26-16(14)12-25-27(8,9)21(3,4)5/h11,14,16H,10,12H2,1-9H3,(H,23,24). The summed E-state index contributed by atoms with van der Waals surface area (Å²) in [6.45, 7) is 20.2. The van der Waals surface area contributed by atoms with E-state index in [4.69, 9.17) is 9.16 Å². The van der Waals surface area contributed by atoms with E-state index in [9.17, 15) is 4.79 Å². The third kappa shape index (κ3) is 3.13. The molecular weight excluding hydrogens is 354 g/mol. The van der Waals surface area contributed by atoms with Crippen LogP contribution in [0.25, 0.3) is 0 Å². The second-order valence-corrected chi connectivity index (χ2v) is 15.0. The van der Waals surface area contributed by atoms with Gasteiger partial charge in [0.05, 0.1) is 17.7 Å². The topological polar surface area (TPSA) is 47.6 Å². The Balaban J connectivity index is 1.95. The molecule has 3 rings (SSSR count). The maximum Gasteiger partial charge on any atom is 0.234 e. The van der Waals surface area contributed by atoms with Gasteiger partial charge in [0.2, 0.25) is 5.91 Å². The van der Waals surface area contributed by atoms with Gasteiger partial charge in [-0.15, -0.1) is 0 Å². The van der Waals surface area contributed by atoms with Gasteiger partial charge in [-0.2, -0.15) is 0 Å². The predicted octanol–water partition coefficient (Wildman–Crippen LogP) is 5.50. The quantitative estimate of drug-likeness (QED) is 0.692. The Bertz CT molecular complexity index is 777. The maximum absolute atomic E-state index is 12.5. The molecule has 1 aromatic rings. The number of benzene rings is 1. The number of hydrogen-bond acceptors (Lipinski definition) is 3. The first-order valence-electron chi connectivity index (χ1n) is 10.1. The number of rotatable bonds is 4. The Morgan fingerprint density at radius 1 is 1.30 bits per heavy atom. The van der Waals surface area contributed by atoms with Crippen molar-refractivity contribution >= 4 is 19.9 Å². The number of aryl methyl sites for hydroxylation is 1. The monoisotopic (exact) mass is 389 g/mol. The van der Waals surface area contributed by atoms with Gasteiger partial charge in [0.1, 0.15) is 11.9 Å². The molecule has 0 saturated heterocycles. The lowest BCUT2D eigenvalue weighted by Crippen LogP contribution is -2.43. The van der Waals surface area contributed by atoms with E-state index in [0.717, 1.165) is 29.0 Å². The van der Waals surface area contributed by atoms with Crippen LogP contribution >= 0.6 is 0 Å². The summed E-state index contributed by atoms with van der Waals surface area (Å²) in [5.41, 5.74) is 3.75. The SMILES string of the molecule is CCC1c2cc(C)c3c(c2OC1CO[Si](C)(C)C(C)(C)C)C(C)(C)C(=O)N3. The molecule has 2 aliphatic heterocycles. The zero-order valence-corrected chi connectivity index (χ0v) is 19.4. The average Bonchev–Trinajstić information content (AvgIpc) is 2.99. The highest BCUT2D eigenvalue weighted by Gasteiger charge is 2.47. The van der Waals surface area contributed by atoms with Gasteiger partial charge in [0.25, 0.3) is 0 Å². The van der Waals surface area contributed by atoms with Crippen LogP contribution in [0.15, 0.2) is 6.07 Å². The summed E-state index contributed by atoms with van der Waals surface area (Å²) in [7, 11) is -1.84. The first-order chi connectivity index (χ1) is 12.3. The lowest BCUT2D eigenvalue weighted by molar-refractivity contribution is -0.119. The fourth-order valence-electron chi connectivity index (χ4n) is 3.94. The Kier molecular flexibility index (Phi) is 4.79. The van der Waals surface area contributed by atoms with Crippen LogP contribution in [0.2, 0.25) is 18.1 Å². The van der Waals surface area contributed by atoms with Crippen LogP contribution in [-0.2, 0) is 14.6 Å². The number of ether oxygens (including phenoxy) is 1. The largest absolute Gasteiger partial charge is 0.487 e. The molecule has 2 unspecified atom stereocenters. The van der Waals surface area contributed by atoms with Crippen LogP contribution in [0.1, 0.15) is 70.6 Å². The molecule has 1 amide bonds. The highest BCUT2D eigenvalue weighted by atomic mass is 28.4. The molecule has 2 aliphatic rings. The fraction of sp³-hybridized carbons (Fsp3) is 0.682. The third-order valence-electron chi connectivity index (χ3n) is 6.91. The minimum Gasteiger partial charge on any atom is -0.487 e. The predicted molar refractivity (Wildman–Crippen MR) is 113 cm³/mol. The number of fused-ring (bicyclic) bond motifs is 3. The summed E-state index contributed by atoms with van der Waals surface area (Å²) in [6, 6.07) is 2.20. The van der Waals surface area contributed by atoms with Gasteiger partial charge >= 0.3 is 0 Å². The summed E-state index contributed by atoms with van der Waals surface area (Å²) in [6.07, 6.45) is 1.01. The Labute approximate surface area is 165 Å². The van der Waals surface area contributed by atoms with E-state index in [1.807, 2.05) is 13.8 Å². The summed E-state index contributed by atoms with van der Waals surface area (Å²) in [5, 5.41) is 3.24. The number of nitrogens with one attached hydrogen (secondary N) is 1. The van der Waals surface area contributed by atoms with Gasteiger partial charge in [0, 0.05) is 17.0 Å². The number of carbonyl (C=O) groups excluding carboxylic acids is 1. The molecule has 1 aromatic carbocycles. The molecule has 1 N–H and O–H groups in total. The van der Waals surface area contributed by atoms with Crippen molar-refractivity contribution in [1.29, 1.82) is 0 Å². The molecule has 2 atom stereocenters. The van der Waals surface area contributed by atoms with Crippen molar-refractivity contribution in [3.8, 4) is 5.75 Å². The smallest absolute Gasteiger partial charge is 0.234 e. The summed E-state index contributed by atoms with van der Waals surface area (Å²) >= 11 is 0. The van der Waals surface area contributed by atoms with Crippen LogP contribution in [-0.4, -0.2) is 26.9 Å². The summed E-state index contributed by atoms with van der Waals surface area (Å²) < 4.78 is 13.0. The Morgan fingerprint density at radius 3 is 2.48 bits per heavy atom. The molecule has 150 valence electrons.